The molecule has 0 aliphatic carbocycles. The standard InChI is InChI=1S/C11H12O3/c1-7-5-8(2)11(14)9(6-7)3-4-10(12)13/h3-6,14H,1-2H3,(H,12,13)/b4-3+. The Kier molecular flexibility index (Phi) is 2.92. The molecule has 74 valence electrons. The van der Waals surface area contributed by atoms with Crippen LogP contribution in [0.5, 0.6) is 5.75 Å². The van der Waals surface area contributed by atoms with Crippen molar-refractivity contribution < 1.29 is 15.0 Å². The highest BCUT2D eigenvalue weighted by Gasteiger charge is 2.02. The first-order valence-electron chi connectivity index (χ1n) is 4.22. The molecule has 0 atom stereocenters. The fraction of sp³-hybridized carbons (Fsp3) is 0.182. The van der Waals surface area contributed by atoms with Gasteiger partial charge in [-0.2, -0.15) is 0 Å². The van der Waals surface area contributed by atoms with Crippen molar-refractivity contribution in [2.75, 3.05) is 0 Å². The molecule has 0 bridgehead atoms. The van der Waals surface area contributed by atoms with Crippen LogP contribution in [0.2, 0.25) is 0 Å². The molecule has 0 fully saturated rings. The van der Waals surface area contributed by atoms with Crippen molar-refractivity contribution in [3.05, 3.63) is 34.9 Å². The lowest BCUT2D eigenvalue weighted by Gasteiger charge is -2.04. The average molecular weight is 192 g/mol. The second-order valence-corrected chi connectivity index (χ2v) is 3.19. The first-order valence-corrected chi connectivity index (χ1v) is 4.22. The molecule has 1 rings (SSSR count). The molecule has 0 saturated heterocycles. The first-order chi connectivity index (χ1) is 6.50. The Labute approximate surface area is 82.3 Å². The zero-order chi connectivity index (χ0) is 10.7. The molecule has 0 spiro atoms. The Morgan fingerprint density at radius 3 is 2.57 bits per heavy atom. The molecule has 0 aliphatic rings. The normalized spacial score (nSPS) is 10.7. The molecular formula is C11H12O3. The van der Waals surface area contributed by atoms with Gasteiger partial charge in [-0.1, -0.05) is 11.6 Å². The topological polar surface area (TPSA) is 57.5 Å². The second kappa shape index (κ2) is 3.96. The maximum absolute atomic E-state index is 10.3. The fourth-order valence-electron chi connectivity index (χ4n) is 1.28. The molecule has 1 aromatic carbocycles. The van der Waals surface area contributed by atoms with Crippen LogP contribution in [0.15, 0.2) is 18.2 Å². The number of phenolic OH excluding ortho intramolecular Hbond substituents is 1. The van der Waals surface area contributed by atoms with Gasteiger partial charge in [0.15, 0.2) is 0 Å². The smallest absolute Gasteiger partial charge is 0.328 e. The Balaban J connectivity index is 3.14. The molecule has 0 saturated carbocycles. The summed E-state index contributed by atoms with van der Waals surface area (Å²) in [7, 11) is 0. The van der Waals surface area contributed by atoms with E-state index >= 15 is 0 Å². The summed E-state index contributed by atoms with van der Waals surface area (Å²) in [4.78, 5) is 10.3. The molecule has 14 heavy (non-hydrogen) atoms. The van der Waals surface area contributed by atoms with Crippen molar-refractivity contribution in [3.63, 3.8) is 0 Å². The van der Waals surface area contributed by atoms with Crippen molar-refractivity contribution in [1.82, 2.24) is 0 Å². The zero-order valence-corrected chi connectivity index (χ0v) is 8.11. The minimum atomic E-state index is -1.02. The molecule has 3 nitrogen and oxygen atoms in total. The molecule has 0 unspecified atom stereocenters. The molecule has 0 heterocycles. The summed E-state index contributed by atoms with van der Waals surface area (Å²) in [5, 5.41) is 18.0. The maximum atomic E-state index is 10.3. The lowest BCUT2D eigenvalue weighted by molar-refractivity contribution is -0.131. The fourth-order valence-corrected chi connectivity index (χ4v) is 1.28. The summed E-state index contributed by atoms with van der Waals surface area (Å²) in [5.41, 5.74) is 2.27. The molecule has 3 heteroatoms. The number of hydrogen-bond donors (Lipinski definition) is 2. The first kappa shape index (κ1) is 10.3. The number of aryl methyl sites for hydroxylation is 2. The minimum absolute atomic E-state index is 0.133. The third-order valence-electron chi connectivity index (χ3n) is 1.88. The summed E-state index contributed by atoms with van der Waals surface area (Å²) in [5.74, 6) is -0.892. The highest BCUT2D eigenvalue weighted by molar-refractivity contribution is 5.86. The van der Waals surface area contributed by atoms with Crippen LogP contribution in [0.3, 0.4) is 0 Å². The Hall–Kier alpha value is -1.77. The SMILES string of the molecule is Cc1cc(C)c(O)c(/C=C/C(=O)O)c1. The summed E-state index contributed by atoms with van der Waals surface area (Å²) in [6, 6.07) is 3.58. The van der Waals surface area contributed by atoms with E-state index in [4.69, 9.17) is 5.11 Å². The Morgan fingerprint density at radius 1 is 1.36 bits per heavy atom. The predicted molar refractivity (Wildman–Crippen MR) is 54.3 cm³/mol. The van der Waals surface area contributed by atoms with Crippen molar-refractivity contribution >= 4 is 12.0 Å². The van der Waals surface area contributed by atoms with Crippen LogP contribution in [0.4, 0.5) is 0 Å². The van der Waals surface area contributed by atoms with E-state index in [9.17, 15) is 9.90 Å². The van der Waals surface area contributed by atoms with E-state index in [1.165, 1.54) is 6.08 Å². The number of carboxylic acid groups (broad SMARTS) is 1. The highest BCUT2D eigenvalue weighted by atomic mass is 16.4. The van der Waals surface area contributed by atoms with Crippen LogP contribution >= 0.6 is 0 Å². The maximum Gasteiger partial charge on any atom is 0.328 e. The monoisotopic (exact) mass is 192 g/mol. The van der Waals surface area contributed by atoms with E-state index in [-0.39, 0.29) is 5.75 Å². The van der Waals surface area contributed by atoms with Crippen LogP contribution in [0.25, 0.3) is 6.08 Å². The molecule has 1 aromatic rings. The van der Waals surface area contributed by atoms with Crippen molar-refractivity contribution in [2.45, 2.75) is 13.8 Å². The number of aromatic hydroxyl groups is 1. The number of aliphatic carboxylic acids is 1. The quantitative estimate of drug-likeness (QED) is 0.705. The molecule has 2 N–H and O–H groups in total. The number of benzene rings is 1. The van der Waals surface area contributed by atoms with Crippen LogP contribution in [-0.2, 0) is 4.79 Å². The zero-order valence-electron chi connectivity index (χ0n) is 8.11. The van der Waals surface area contributed by atoms with Gasteiger partial charge >= 0.3 is 5.97 Å². The van der Waals surface area contributed by atoms with Gasteiger partial charge in [-0.15, -0.1) is 0 Å². The van der Waals surface area contributed by atoms with E-state index < -0.39 is 5.97 Å². The van der Waals surface area contributed by atoms with Crippen molar-refractivity contribution in [3.8, 4) is 5.75 Å². The number of phenols is 1. The third-order valence-corrected chi connectivity index (χ3v) is 1.88. The number of carbonyl (C=O) groups is 1. The lowest BCUT2D eigenvalue weighted by atomic mass is 10.1. The van der Waals surface area contributed by atoms with E-state index in [0.29, 0.717) is 5.56 Å². The lowest BCUT2D eigenvalue weighted by Crippen LogP contribution is -1.87. The molecule has 0 radical (unpaired) electrons. The van der Waals surface area contributed by atoms with E-state index in [2.05, 4.69) is 0 Å². The molecular weight excluding hydrogens is 180 g/mol. The van der Waals surface area contributed by atoms with E-state index in [1.54, 1.807) is 13.0 Å². The van der Waals surface area contributed by atoms with Gasteiger partial charge < -0.3 is 10.2 Å². The van der Waals surface area contributed by atoms with Gasteiger partial charge in [0.05, 0.1) is 0 Å². The summed E-state index contributed by atoms with van der Waals surface area (Å²) < 4.78 is 0. The van der Waals surface area contributed by atoms with Gasteiger partial charge in [0.1, 0.15) is 5.75 Å². The van der Waals surface area contributed by atoms with Gasteiger partial charge in [0.2, 0.25) is 0 Å². The van der Waals surface area contributed by atoms with Crippen LogP contribution < -0.4 is 0 Å². The second-order valence-electron chi connectivity index (χ2n) is 3.19. The van der Waals surface area contributed by atoms with Crippen LogP contribution in [0.1, 0.15) is 16.7 Å². The summed E-state index contributed by atoms with van der Waals surface area (Å²) in [6.07, 6.45) is 2.39. The van der Waals surface area contributed by atoms with Crippen LogP contribution in [-0.4, -0.2) is 16.2 Å². The number of hydrogen-bond acceptors (Lipinski definition) is 2. The summed E-state index contributed by atoms with van der Waals surface area (Å²) in [6.45, 7) is 3.67. The Morgan fingerprint density at radius 2 is 2.00 bits per heavy atom. The largest absolute Gasteiger partial charge is 0.507 e. The predicted octanol–water partition coefficient (Wildman–Crippen LogP) is 2.11. The Bertz CT molecular complexity index is 392. The van der Waals surface area contributed by atoms with Gasteiger partial charge in [-0.25, -0.2) is 4.79 Å². The van der Waals surface area contributed by atoms with E-state index in [0.717, 1.165) is 17.2 Å². The highest BCUT2D eigenvalue weighted by Crippen LogP contribution is 2.24. The van der Waals surface area contributed by atoms with Crippen molar-refractivity contribution in [1.29, 1.82) is 0 Å². The van der Waals surface area contributed by atoms with Crippen molar-refractivity contribution in [2.24, 2.45) is 0 Å². The van der Waals surface area contributed by atoms with Crippen LogP contribution in [0, 0.1) is 13.8 Å². The molecule has 0 aromatic heterocycles. The minimum Gasteiger partial charge on any atom is -0.507 e. The van der Waals surface area contributed by atoms with Gasteiger partial charge in [0.25, 0.3) is 0 Å². The van der Waals surface area contributed by atoms with Gasteiger partial charge in [0, 0.05) is 11.6 Å². The molecule has 0 aliphatic heterocycles. The average Bonchev–Trinajstić information content (AvgIpc) is 2.08. The van der Waals surface area contributed by atoms with Gasteiger partial charge in [-0.05, 0) is 31.6 Å². The molecule has 0 amide bonds. The van der Waals surface area contributed by atoms with E-state index in [1.807, 2.05) is 13.0 Å². The summed E-state index contributed by atoms with van der Waals surface area (Å²) >= 11 is 0. The third kappa shape index (κ3) is 2.36. The number of carboxylic acids is 1. The number of rotatable bonds is 2. The van der Waals surface area contributed by atoms with Gasteiger partial charge in [-0.3, -0.25) is 0 Å².